The van der Waals surface area contributed by atoms with Crippen molar-refractivity contribution in [1.29, 1.82) is 0 Å². The summed E-state index contributed by atoms with van der Waals surface area (Å²) in [6.45, 7) is 4.50. The first-order chi connectivity index (χ1) is 10.3. The second kappa shape index (κ2) is 6.70. The second-order valence-electron chi connectivity index (χ2n) is 5.47. The van der Waals surface area contributed by atoms with Crippen LogP contribution < -0.4 is 10.2 Å². The van der Waals surface area contributed by atoms with Gasteiger partial charge in [0.15, 0.2) is 0 Å². The smallest absolute Gasteiger partial charge is 0.230 e. The predicted molar refractivity (Wildman–Crippen MR) is 83.6 cm³/mol. The molecule has 1 aliphatic heterocycles. The highest BCUT2D eigenvalue weighted by Crippen LogP contribution is 2.18. The highest BCUT2D eigenvalue weighted by atomic mass is 16.5. The van der Waals surface area contributed by atoms with Crippen molar-refractivity contribution in [2.75, 3.05) is 38.2 Å². The zero-order valence-electron chi connectivity index (χ0n) is 12.1. The number of carbonyl (C=O) groups is 1. The van der Waals surface area contributed by atoms with E-state index in [2.05, 4.69) is 17.4 Å². The first-order valence-electron chi connectivity index (χ1n) is 7.51. The number of nitrogens with one attached hydrogen (secondary N) is 2. The number of hydrogen-bond acceptors (Lipinski definition) is 2. The Morgan fingerprint density at radius 2 is 1.86 bits per heavy atom. The van der Waals surface area contributed by atoms with E-state index in [1.807, 2.05) is 30.3 Å². The maximum Gasteiger partial charge on any atom is 0.230 e. The zero-order chi connectivity index (χ0) is 14.5. The Hall–Kier alpha value is -1.91. The summed E-state index contributed by atoms with van der Waals surface area (Å²) in [5, 5.41) is 5.33. The summed E-state index contributed by atoms with van der Waals surface area (Å²) < 4.78 is 5.32. The van der Waals surface area contributed by atoms with Crippen LogP contribution in [0.4, 0.5) is 5.69 Å². The van der Waals surface area contributed by atoms with Gasteiger partial charge in [-0.05, 0) is 22.9 Å². The summed E-state index contributed by atoms with van der Waals surface area (Å²) in [5.41, 5.74) is 0.871. The van der Waals surface area contributed by atoms with Crippen LogP contribution in [0.15, 0.2) is 42.5 Å². The van der Waals surface area contributed by atoms with Crippen LogP contribution in [0.2, 0.25) is 0 Å². The van der Waals surface area contributed by atoms with Crippen LogP contribution in [0, 0.1) is 0 Å². The Kier molecular flexibility index (Phi) is 4.48. The maximum absolute atomic E-state index is 12.0. The molecule has 4 heteroatoms. The van der Waals surface area contributed by atoms with Crippen LogP contribution in [0.1, 0.15) is 6.42 Å². The van der Waals surface area contributed by atoms with Crippen molar-refractivity contribution in [3.05, 3.63) is 42.5 Å². The molecule has 4 nitrogen and oxygen atoms in total. The third-order valence-electron chi connectivity index (χ3n) is 3.94. The standard InChI is InChI=1S/C17H20N2O2/c20-17(7-8-19-9-11-21-12-10-19)18-16-6-5-14-3-1-2-4-15(14)13-16/h1-6,13H,7-12H2,(H,18,20)/p+1. The van der Waals surface area contributed by atoms with Gasteiger partial charge in [0.1, 0.15) is 13.1 Å². The number of morpholine rings is 1. The quantitative estimate of drug-likeness (QED) is 0.883. The predicted octanol–water partition coefficient (Wildman–Crippen LogP) is 1.08. The van der Waals surface area contributed by atoms with Gasteiger partial charge in [0.25, 0.3) is 0 Å². The van der Waals surface area contributed by atoms with Crippen molar-refractivity contribution in [3.63, 3.8) is 0 Å². The van der Waals surface area contributed by atoms with E-state index in [-0.39, 0.29) is 5.91 Å². The Bertz CT molecular complexity index is 621. The fourth-order valence-electron chi connectivity index (χ4n) is 2.69. The minimum absolute atomic E-state index is 0.0873. The molecule has 3 rings (SSSR count). The molecule has 2 N–H and O–H groups in total. The molecule has 0 saturated carbocycles. The first kappa shape index (κ1) is 14.0. The SMILES string of the molecule is O=C(CC[NH+]1CCOCC1)Nc1ccc2ccccc2c1. The van der Waals surface area contributed by atoms with Crippen LogP contribution in [0.3, 0.4) is 0 Å². The number of ether oxygens (including phenoxy) is 1. The van der Waals surface area contributed by atoms with Crippen LogP contribution in [0.25, 0.3) is 10.8 Å². The van der Waals surface area contributed by atoms with E-state index in [0.29, 0.717) is 6.42 Å². The lowest BCUT2D eigenvalue weighted by molar-refractivity contribution is -0.907. The van der Waals surface area contributed by atoms with E-state index >= 15 is 0 Å². The first-order valence-corrected chi connectivity index (χ1v) is 7.51. The topological polar surface area (TPSA) is 42.8 Å². The van der Waals surface area contributed by atoms with E-state index in [4.69, 9.17) is 4.74 Å². The second-order valence-corrected chi connectivity index (χ2v) is 5.47. The molecular formula is C17H21N2O2+. The number of carbonyl (C=O) groups excluding carboxylic acids is 1. The number of rotatable bonds is 4. The van der Waals surface area contributed by atoms with Crippen molar-refractivity contribution >= 4 is 22.4 Å². The van der Waals surface area contributed by atoms with E-state index in [0.717, 1.165) is 43.9 Å². The lowest BCUT2D eigenvalue weighted by Crippen LogP contribution is -3.14. The molecule has 21 heavy (non-hydrogen) atoms. The van der Waals surface area contributed by atoms with Gasteiger partial charge >= 0.3 is 0 Å². The Labute approximate surface area is 124 Å². The van der Waals surface area contributed by atoms with Gasteiger partial charge in [0.2, 0.25) is 5.91 Å². The molecule has 2 aromatic carbocycles. The molecule has 1 amide bonds. The van der Waals surface area contributed by atoms with Gasteiger partial charge in [0, 0.05) is 5.69 Å². The third-order valence-corrected chi connectivity index (χ3v) is 3.94. The van der Waals surface area contributed by atoms with Crippen molar-refractivity contribution < 1.29 is 14.4 Å². The number of anilines is 1. The van der Waals surface area contributed by atoms with Crippen molar-refractivity contribution in [2.45, 2.75) is 6.42 Å². The molecule has 0 atom stereocenters. The molecule has 110 valence electrons. The fourth-order valence-corrected chi connectivity index (χ4v) is 2.69. The summed E-state index contributed by atoms with van der Waals surface area (Å²) >= 11 is 0. The fraction of sp³-hybridized carbons (Fsp3) is 0.353. The Morgan fingerprint density at radius 3 is 2.67 bits per heavy atom. The maximum atomic E-state index is 12.0. The van der Waals surface area contributed by atoms with Crippen LogP contribution >= 0.6 is 0 Å². The zero-order valence-corrected chi connectivity index (χ0v) is 12.1. The lowest BCUT2D eigenvalue weighted by atomic mass is 10.1. The molecule has 2 aromatic rings. The van der Waals surface area contributed by atoms with Gasteiger partial charge in [-0.25, -0.2) is 0 Å². The highest BCUT2D eigenvalue weighted by Gasteiger charge is 2.15. The minimum atomic E-state index is 0.0873. The number of benzene rings is 2. The molecule has 1 saturated heterocycles. The molecule has 0 aromatic heterocycles. The Morgan fingerprint density at radius 1 is 1.10 bits per heavy atom. The molecule has 0 aliphatic carbocycles. The summed E-state index contributed by atoms with van der Waals surface area (Å²) in [5.74, 6) is 0.0873. The monoisotopic (exact) mass is 285 g/mol. The van der Waals surface area contributed by atoms with Gasteiger partial charge in [0.05, 0.1) is 26.2 Å². The number of hydrogen-bond donors (Lipinski definition) is 2. The molecular weight excluding hydrogens is 264 g/mol. The third kappa shape index (κ3) is 3.80. The molecule has 1 fully saturated rings. The molecule has 0 bridgehead atoms. The van der Waals surface area contributed by atoms with E-state index in [1.54, 1.807) is 0 Å². The van der Waals surface area contributed by atoms with Gasteiger partial charge < -0.3 is 15.0 Å². The van der Waals surface area contributed by atoms with Gasteiger partial charge in [-0.1, -0.05) is 30.3 Å². The van der Waals surface area contributed by atoms with Gasteiger partial charge in [-0.2, -0.15) is 0 Å². The molecule has 0 spiro atoms. The minimum Gasteiger partial charge on any atom is -0.370 e. The molecule has 0 unspecified atom stereocenters. The Balaban J connectivity index is 1.55. The highest BCUT2D eigenvalue weighted by molar-refractivity contribution is 5.94. The van der Waals surface area contributed by atoms with Crippen LogP contribution in [-0.4, -0.2) is 38.8 Å². The van der Waals surface area contributed by atoms with Crippen LogP contribution in [-0.2, 0) is 9.53 Å². The summed E-state index contributed by atoms with van der Waals surface area (Å²) in [4.78, 5) is 13.5. The van der Waals surface area contributed by atoms with Gasteiger partial charge in [-0.3, -0.25) is 4.79 Å². The van der Waals surface area contributed by atoms with Crippen molar-refractivity contribution in [1.82, 2.24) is 0 Å². The molecule has 1 aliphatic rings. The normalized spacial score (nSPS) is 16.0. The number of fused-ring (bicyclic) bond motifs is 1. The van der Waals surface area contributed by atoms with E-state index in [1.165, 1.54) is 10.3 Å². The number of quaternary nitrogens is 1. The summed E-state index contributed by atoms with van der Waals surface area (Å²) in [7, 11) is 0. The molecule has 0 radical (unpaired) electrons. The lowest BCUT2D eigenvalue weighted by Gasteiger charge is -2.23. The molecule has 1 heterocycles. The number of amides is 1. The van der Waals surface area contributed by atoms with Gasteiger partial charge in [-0.15, -0.1) is 0 Å². The van der Waals surface area contributed by atoms with Crippen LogP contribution in [0.5, 0.6) is 0 Å². The van der Waals surface area contributed by atoms with Crippen molar-refractivity contribution in [2.24, 2.45) is 0 Å². The van der Waals surface area contributed by atoms with E-state index < -0.39 is 0 Å². The summed E-state index contributed by atoms with van der Waals surface area (Å²) in [6, 6.07) is 14.2. The average molecular weight is 285 g/mol. The summed E-state index contributed by atoms with van der Waals surface area (Å²) in [6.07, 6.45) is 0.558. The van der Waals surface area contributed by atoms with Crippen molar-refractivity contribution in [3.8, 4) is 0 Å². The van der Waals surface area contributed by atoms with E-state index in [9.17, 15) is 4.79 Å². The average Bonchev–Trinajstić information content (AvgIpc) is 2.54. The largest absolute Gasteiger partial charge is 0.370 e.